The van der Waals surface area contributed by atoms with Crippen molar-refractivity contribution in [3.8, 4) is 5.75 Å². The Morgan fingerprint density at radius 1 is 1.24 bits per heavy atom. The molecule has 1 amide bonds. The maximum Gasteiger partial charge on any atom is 0.325 e. The van der Waals surface area contributed by atoms with Gasteiger partial charge in [0.1, 0.15) is 18.4 Å². The van der Waals surface area contributed by atoms with Gasteiger partial charge in [-0.15, -0.1) is 0 Å². The zero-order chi connectivity index (χ0) is 18.2. The number of rotatable bonds is 7. The molecular weight excluding hydrogens is 386 g/mol. The van der Waals surface area contributed by atoms with Gasteiger partial charge in [-0.3, -0.25) is 9.59 Å². The number of carbonyl (C=O) groups is 2. The van der Waals surface area contributed by atoms with Gasteiger partial charge >= 0.3 is 5.97 Å². The summed E-state index contributed by atoms with van der Waals surface area (Å²) >= 11 is 3.39. The molecule has 2 N–H and O–H groups in total. The lowest BCUT2D eigenvalue weighted by atomic mass is 10.1. The first-order valence-corrected chi connectivity index (χ1v) is 8.42. The van der Waals surface area contributed by atoms with E-state index in [2.05, 4.69) is 21.2 Å². The van der Waals surface area contributed by atoms with Gasteiger partial charge in [0.15, 0.2) is 0 Å². The second-order valence-corrected chi connectivity index (χ2v) is 6.27. The highest BCUT2D eigenvalue weighted by Crippen LogP contribution is 2.25. The van der Waals surface area contributed by atoms with E-state index in [1.54, 1.807) is 6.08 Å². The van der Waals surface area contributed by atoms with Gasteiger partial charge in [0.05, 0.1) is 0 Å². The van der Waals surface area contributed by atoms with Crippen LogP contribution < -0.4 is 10.1 Å². The van der Waals surface area contributed by atoms with Gasteiger partial charge in [-0.05, 0) is 36.8 Å². The van der Waals surface area contributed by atoms with E-state index in [-0.39, 0.29) is 0 Å². The summed E-state index contributed by atoms with van der Waals surface area (Å²) in [7, 11) is 0. The number of carboxylic acids is 1. The van der Waals surface area contributed by atoms with Gasteiger partial charge in [-0.1, -0.05) is 46.3 Å². The molecule has 0 heterocycles. The van der Waals surface area contributed by atoms with Crippen molar-refractivity contribution in [2.45, 2.75) is 19.6 Å². The highest BCUT2D eigenvalue weighted by molar-refractivity contribution is 9.10. The van der Waals surface area contributed by atoms with Crippen LogP contribution in [0.25, 0.3) is 6.08 Å². The molecule has 0 saturated heterocycles. The van der Waals surface area contributed by atoms with Crippen LogP contribution in [0, 0.1) is 0 Å². The molecule has 25 heavy (non-hydrogen) atoms. The maximum absolute atomic E-state index is 11.8. The highest BCUT2D eigenvalue weighted by atomic mass is 79.9. The van der Waals surface area contributed by atoms with Crippen molar-refractivity contribution in [2.75, 3.05) is 0 Å². The van der Waals surface area contributed by atoms with Gasteiger partial charge in [0, 0.05) is 16.1 Å². The van der Waals surface area contributed by atoms with Crippen molar-refractivity contribution in [1.82, 2.24) is 5.32 Å². The average molecular weight is 404 g/mol. The Hall–Kier alpha value is -2.60. The quantitative estimate of drug-likeness (QED) is 0.692. The van der Waals surface area contributed by atoms with E-state index in [1.807, 2.05) is 48.5 Å². The molecule has 0 aliphatic carbocycles. The molecule has 0 radical (unpaired) electrons. The van der Waals surface area contributed by atoms with Crippen molar-refractivity contribution < 1.29 is 19.4 Å². The minimum atomic E-state index is -1.09. The van der Waals surface area contributed by atoms with E-state index < -0.39 is 17.9 Å². The SMILES string of the molecule is C[C@H](NC(=O)/C=C/c1cc(Br)ccc1OCc1ccccc1)C(=O)O. The summed E-state index contributed by atoms with van der Waals surface area (Å²) in [6.45, 7) is 1.81. The van der Waals surface area contributed by atoms with Crippen LogP contribution in [-0.2, 0) is 16.2 Å². The van der Waals surface area contributed by atoms with Crippen LogP contribution in [0.1, 0.15) is 18.1 Å². The number of ether oxygens (including phenoxy) is 1. The number of amides is 1. The predicted octanol–water partition coefficient (Wildman–Crippen LogP) is 3.63. The molecule has 0 saturated carbocycles. The van der Waals surface area contributed by atoms with Gasteiger partial charge in [-0.2, -0.15) is 0 Å². The van der Waals surface area contributed by atoms with Crippen molar-refractivity contribution in [2.24, 2.45) is 0 Å². The van der Waals surface area contributed by atoms with E-state index in [1.165, 1.54) is 13.0 Å². The molecule has 0 aromatic heterocycles. The van der Waals surface area contributed by atoms with Crippen molar-refractivity contribution in [3.63, 3.8) is 0 Å². The van der Waals surface area contributed by atoms with E-state index in [0.29, 0.717) is 17.9 Å². The van der Waals surface area contributed by atoms with Crippen molar-refractivity contribution in [3.05, 3.63) is 70.2 Å². The van der Waals surface area contributed by atoms with Crippen LogP contribution in [0.15, 0.2) is 59.1 Å². The minimum absolute atomic E-state index is 0.408. The third kappa shape index (κ3) is 6.08. The number of benzene rings is 2. The molecule has 0 aliphatic heterocycles. The van der Waals surface area contributed by atoms with Gasteiger partial charge in [0.25, 0.3) is 0 Å². The molecular formula is C19H18BrNO4. The van der Waals surface area contributed by atoms with Crippen molar-refractivity contribution >= 4 is 33.9 Å². The number of aliphatic carboxylic acids is 1. The second kappa shape index (κ2) is 9.03. The van der Waals surface area contributed by atoms with Gasteiger partial charge < -0.3 is 15.2 Å². The fourth-order valence-electron chi connectivity index (χ4n) is 2.01. The van der Waals surface area contributed by atoms with Crippen LogP contribution in [0.5, 0.6) is 5.75 Å². The normalized spacial score (nSPS) is 11.9. The third-order valence-electron chi connectivity index (χ3n) is 3.35. The van der Waals surface area contributed by atoms with Crippen LogP contribution in [0.4, 0.5) is 0 Å². The Kier molecular flexibility index (Phi) is 6.77. The molecule has 5 nitrogen and oxygen atoms in total. The first-order valence-electron chi connectivity index (χ1n) is 7.63. The summed E-state index contributed by atoms with van der Waals surface area (Å²) in [6.07, 6.45) is 2.88. The number of nitrogens with one attached hydrogen (secondary N) is 1. The predicted molar refractivity (Wildman–Crippen MR) is 99.2 cm³/mol. The topological polar surface area (TPSA) is 75.6 Å². The Balaban J connectivity index is 2.08. The summed E-state index contributed by atoms with van der Waals surface area (Å²) in [4.78, 5) is 22.6. The van der Waals surface area contributed by atoms with Crippen LogP contribution in [0.3, 0.4) is 0 Å². The highest BCUT2D eigenvalue weighted by Gasteiger charge is 2.12. The minimum Gasteiger partial charge on any atom is -0.488 e. The molecule has 0 bridgehead atoms. The summed E-state index contributed by atoms with van der Waals surface area (Å²) in [5.41, 5.74) is 1.75. The Bertz CT molecular complexity index is 774. The standard InChI is InChI=1S/C19H18BrNO4/c1-13(19(23)24)21-18(22)10-7-15-11-16(20)8-9-17(15)25-12-14-5-3-2-4-6-14/h2-11,13H,12H2,1H3,(H,21,22)(H,23,24)/b10-7+/t13-/m0/s1. The zero-order valence-corrected chi connectivity index (χ0v) is 15.2. The smallest absolute Gasteiger partial charge is 0.325 e. The summed E-state index contributed by atoms with van der Waals surface area (Å²) in [5, 5.41) is 11.2. The lowest BCUT2D eigenvalue weighted by Gasteiger charge is -2.10. The molecule has 130 valence electrons. The number of hydrogen-bond acceptors (Lipinski definition) is 3. The largest absolute Gasteiger partial charge is 0.488 e. The number of halogens is 1. The Labute approximate surface area is 154 Å². The average Bonchev–Trinajstić information content (AvgIpc) is 2.60. The third-order valence-corrected chi connectivity index (χ3v) is 3.85. The van der Waals surface area contributed by atoms with Crippen LogP contribution in [0.2, 0.25) is 0 Å². The van der Waals surface area contributed by atoms with Gasteiger partial charge in [0.2, 0.25) is 5.91 Å². The lowest BCUT2D eigenvalue weighted by molar-refractivity contribution is -0.140. The molecule has 2 rings (SSSR count). The van der Waals surface area contributed by atoms with Crippen LogP contribution in [-0.4, -0.2) is 23.0 Å². The first kappa shape index (κ1) is 18.7. The van der Waals surface area contributed by atoms with E-state index >= 15 is 0 Å². The van der Waals surface area contributed by atoms with E-state index in [0.717, 1.165) is 10.0 Å². The van der Waals surface area contributed by atoms with Crippen molar-refractivity contribution in [1.29, 1.82) is 0 Å². The Morgan fingerprint density at radius 3 is 2.64 bits per heavy atom. The second-order valence-electron chi connectivity index (χ2n) is 5.36. The monoisotopic (exact) mass is 403 g/mol. The zero-order valence-electron chi connectivity index (χ0n) is 13.6. The number of hydrogen-bond donors (Lipinski definition) is 2. The molecule has 0 fully saturated rings. The number of carboxylic acid groups (broad SMARTS) is 1. The molecule has 2 aromatic rings. The molecule has 0 unspecified atom stereocenters. The number of carbonyl (C=O) groups excluding carboxylic acids is 1. The molecule has 2 aromatic carbocycles. The Morgan fingerprint density at radius 2 is 1.96 bits per heavy atom. The first-order chi connectivity index (χ1) is 12.0. The lowest BCUT2D eigenvalue weighted by Crippen LogP contribution is -2.37. The van der Waals surface area contributed by atoms with E-state index in [4.69, 9.17) is 9.84 Å². The fraction of sp³-hybridized carbons (Fsp3) is 0.158. The molecule has 6 heteroatoms. The van der Waals surface area contributed by atoms with Gasteiger partial charge in [-0.25, -0.2) is 0 Å². The molecule has 1 atom stereocenters. The molecule has 0 aliphatic rings. The van der Waals surface area contributed by atoms with E-state index in [9.17, 15) is 9.59 Å². The fourth-order valence-corrected chi connectivity index (χ4v) is 2.38. The van der Waals surface area contributed by atoms with Crippen LogP contribution >= 0.6 is 15.9 Å². The molecule has 0 spiro atoms. The summed E-state index contributed by atoms with van der Waals surface area (Å²) in [5.74, 6) is -0.942. The summed E-state index contributed by atoms with van der Waals surface area (Å²) < 4.78 is 6.68. The summed E-state index contributed by atoms with van der Waals surface area (Å²) in [6, 6.07) is 14.3. The maximum atomic E-state index is 11.8.